The first kappa shape index (κ1) is 34.4. The van der Waals surface area contributed by atoms with E-state index >= 15 is 0 Å². The van der Waals surface area contributed by atoms with E-state index in [1.54, 1.807) is 33.8 Å². The molecular weight excluding hydrogens is 584 g/mol. The number of rotatable bonds is 13. The summed E-state index contributed by atoms with van der Waals surface area (Å²) in [5.74, 6) is -0.590. The number of benzene rings is 1. The zero-order valence-corrected chi connectivity index (χ0v) is 26.3. The molecular formula is C29H42N2O11S. The van der Waals surface area contributed by atoms with Crippen molar-refractivity contribution in [1.82, 2.24) is 10.6 Å². The molecule has 2 heterocycles. The van der Waals surface area contributed by atoms with Crippen molar-refractivity contribution in [2.75, 3.05) is 39.5 Å². The van der Waals surface area contributed by atoms with E-state index < -0.39 is 53.5 Å². The third-order valence-electron chi connectivity index (χ3n) is 6.07. The predicted octanol–water partition coefficient (Wildman–Crippen LogP) is 2.36. The lowest BCUT2D eigenvalue weighted by molar-refractivity contribution is -0.231. The highest BCUT2D eigenvalue weighted by Crippen LogP contribution is 2.46. The molecule has 1 fully saturated rings. The van der Waals surface area contributed by atoms with Crippen LogP contribution in [-0.2, 0) is 49.2 Å². The van der Waals surface area contributed by atoms with E-state index in [-0.39, 0.29) is 12.3 Å². The van der Waals surface area contributed by atoms with Crippen LogP contribution in [0.25, 0.3) is 0 Å². The van der Waals surface area contributed by atoms with Crippen molar-refractivity contribution in [2.24, 2.45) is 0 Å². The van der Waals surface area contributed by atoms with Gasteiger partial charge >= 0.3 is 18.0 Å². The van der Waals surface area contributed by atoms with Gasteiger partial charge in [0.2, 0.25) is 12.2 Å². The highest BCUT2D eigenvalue weighted by molar-refractivity contribution is 8.00. The maximum Gasteiger partial charge on any atom is 0.407 e. The third kappa shape index (κ3) is 11.5. The monoisotopic (exact) mass is 626 g/mol. The number of alkyl carbamates (subject to hydrolysis) is 1. The zero-order valence-electron chi connectivity index (χ0n) is 25.5. The molecule has 0 aromatic heterocycles. The highest BCUT2D eigenvalue weighted by atomic mass is 32.2. The Kier molecular flexibility index (Phi) is 12.9. The van der Waals surface area contributed by atoms with Gasteiger partial charge in [-0.1, -0.05) is 6.07 Å². The summed E-state index contributed by atoms with van der Waals surface area (Å²) in [6, 6.07) is 5.44. The van der Waals surface area contributed by atoms with E-state index in [1.165, 1.54) is 25.6 Å². The Labute approximate surface area is 255 Å². The number of esters is 2. The Bertz CT molecular complexity index is 1130. The largest absolute Gasteiger partial charge is 0.462 e. The molecule has 2 N–H and O–H groups in total. The zero-order chi connectivity index (χ0) is 31.6. The fraction of sp³-hybridized carbons (Fsp3) is 0.655. The summed E-state index contributed by atoms with van der Waals surface area (Å²) < 4.78 is 39.1. The van der Waals surface area contributed by atoms with Gasteiger partial charge in [0.1, 0.15) is 16.6 Å². The minimum atomic E-state index is -0.788. The Morgan fingerprint density at radius 2 is 1.53 bits per heavy atom. The fourth-order valence-corrected chi connectivity index (χ4v) is 5.69. The van der Waals surface area contributed by atoms with Crippen LogP contribution in [0.1, 0.15) is 47.1 Å². The number of fused-ring (bicyclic) bond motifs is 2. The van der Waals surface area contributed by atoms with Gasteiger partial charge in [-0.25, -0.2) is 4.79 Å². The average Bonchev–Trinajstić information content (AvgIpc) is 2.89. The van der Waals surface area contributed by atoms with E-state index in [0.29, 0.717) is 45.3 Å². The molecule has 1 saturated heterocycles. The summed E-state index contributed by atoms with van der Waals surface area (Å²) in [6.07, 6.45) is -3.17. The second-order valence-corrected chi connectivity index (χ2v) is 12.2. The first-order chi connectivity index (χ1) is 20.3. The van der Waals surface area contributed by atoms with Gasteiger partial charge in [0.15, 0.2) is 12.2 Å². The minimum Gasteiger partial charge on any atom is -0.462 e. The van der Waals surface area contributed by atoms with Crippen molar-refractivity contribution in [2.45, 2.75) is 88.3 Å². The van der Waals surface area contributed by atoms with Crippen molar-refractivity contribution >= 4 is 35.7 Å². The van der Waals surface area contributed by atoms with Crippen molar-refractivity contribution in [3.05, 3.63) is 23.8 Å². The number of ether oxygens (including phenoxy) is 7. The number of carbonyl (C=O) groups is 4. The van der Waals surface area contributed by atoms with Gasteiger partial charge in [0.25, 0.3) is 0 Å². The molecule has 2 amide bonds. The van der Waals surface area contributed by atoms with Crippen LogP contribution in [0, 0.1) is 0 Å². The molecule has 1 aromatic rings. The molecule has 5 unspecified atom stereocenters. The molecule has 13 nitrogen and oxygen atoms in total. The van der Waals surface area contributed by atoms with Gasteiger partial charge < -0.3 is 43.8 Å². The Balaban J connectivity index is 1.39. The second kappa shape index (κ2) is 16.1. The molecule has 14 heteroatoms. The molecule has 43 heavy (non-hydrogen) atoms. The molecule has 5 atom stereocenters. The van der Waals surface area contributed by atoms with E-state index in [9.17, 15) is 19.2 Å². The normalized spacial score (nSPS) is 22.7. The summed E-state index contributed by atoms with van der Waals surface area (Å²) in [7, 11) is 0. The first-order valence-corrected chi connectivity index (χ1v) is 15.1. The van der Waals surface area contributed by atoms with Crippen LogP contribution in [0.4, 0.5) is 4.79 Å². The van der Waals surface area contributed by atoms with Gasteiger partial charge in [-0.2, -0.15) is 0 Å². The van der Waals surface area contributed by atoms with Crippen LogP contribution in [0.2, 0.25) is 0 Å². The number of carbonyl (C=O) groups excluding carboxylic acids is 4. The van der Waals surface area contributed by atoms with Crippen molar-refractivity contribution in [3.63, 3.8) is 0 Å². The van der Waals surface area contributed by atoms with Gasteiger partial charge in [0, 0.05) is 26.9 Å². The molecule has 2 aliphatic heterocycles. The van der Waals surface area contributed by atoms with Gasteiger partial charge in [-0.15, -0.1) is 11.8 Å². The number of nitrogens with one attached hydrogen (secondary N) is 2. The molecule has 0 saturated carbocycles. The third-order valence-corrected chi connectivity index (χ3v) is 7.40. The molecule has 0 spiro atoms. The van der Waals surface area contributed by atoms with Crippen LogP contribution in [0.15, 0.2) is 23.1 Å². The van der Waals surface area contributed by atoms with Crippen LogP contribution >= 0.6 is 11.8 Å². The van der Waals surface area contributed by atoms with E-state index in [1.807, 2.05) is 12.1 Å². The van der Waals surface area contributed by atoms with Crippen LogP contribution in [0.5, 0.6) is 5.75 Å². The SMILES string of the molecule is CC(=O)OC1C(C)OC2Oc3ccc(CC(=O)NCCOCCOCCNC(=O)OC(C)(C)C)cc3SC2C1OC(C)=O. The molecule has 1 aromatic carbocycles. The van der Waals surface area contributed by atoms with Crippen LogP contribution in [-0.4, -0.2) is 98.9 Å². The topological polar surface area (TPSA) is 157 Å². The maximum atomic E-state index is 12.5. The summed E-state index contributed by atoms with van der Waals surface area (Å²) >= 11 is 1.39. The van der Waals surface area contributed by atoms with Gasteiger partial charge in [0.05, 0.1) is 43.8 Å². The van der Waals surface area contributed by atoms with E-state index in [0.717, 1.165) is 10.5 Å². The van der Waals surface area contributed by atoms with Crippen molar-refractivity contribution in [1.29, 1.82) is 0 Å². The lowest BCUT2D eigenvalue weighted by Crippen LogP contribution is -2.60. The molecule has 2 aliphatic rings. The summed E-state index contributed by atoms with van der Waals surface area (Å²) in [6.45, 7) is 11.7. The maximum absolute atomic E-state index is 12.5. The van der Waals surface area contributed by atoms with Crippen LogP contribution < -0.4 is 15.4 Å². The summed E-state index contributed by atoms with van der Waals surface area (Å²) in [5, 5.41) is 4.95. The quantitative estimate of drug-likeness (QED) is 0.187. The lowest BCUT2D eigenvalue weighted by Gasteiger charge is -2.45. The van der Waals surface area contributed by atoms with Crippen molar-refractivity contribution in [3.8, 4) is 5.75 Å². The second-order valence-electron chi connectivity index (χ2n) is 11.0. The smallest absolute Gasteiger partial charge is 0.407 e. The molecule has 3 rings (SSSR count). The Hall–Kier alpha value is -3.07. The molecule has 240 valence electrons. The first-order valence-electron chi connectivity index (χ1n) is 14.2. The van der Waals surface area contributed by atoms with E-state index in [4.69, 9.17) is 33.2 Å². The van der Waals surface area contributed by atoms with Gasteiger partial charge in [-0.3, -0.25) is 14.4 Å². The van der Waals surface area contributed by atoms with Gasteiger partial charge in [-0.05, 0) is 45.4 Å². The number of thioether (sulfide) groups is 1. The highest BCUT2D eigenvalue weighted by Gasteiger charge is 2.51. The molecule has 0 aliphatic carbocycles. The fourth-order valence-electron chi connectivity index (χ4n) is 4.37. The average molecular weight is 627 g/mol. The lowest BCUT2D eigenvalue weighted by atomic mass is 10.0. The number of hydrogen-bond donors (Lipinski definition) is 2. The summed E-state index contributed by atoms with van der Waals surface area (Å²) in [4.78, 5) is 48.4. The Morgan fingerprint density at radius 3 is 2.16 bits per heavy atom. The number of amides is 2. The minimum absolute atomic E-state index is 0.146. The van der Waals surface area contributed by atoms with Crippen LogP contribution in [0.3, 0.4) is 0 Å². The molecule has 0 bridgehead atoms. The van der Waals surface area contributed by atoms with Crippen molar-refractivity contribution < 1.29 is 52.3 Å². The van der Waals surface area contributed by atoms with E-state index in [2.05, 4.69) is 10.6 Å². The predicted molar refractivity (Wildman–Crippen MR) is 155 cm³/mol. The Morgan fingerprint density at radius 1 is 0.907 bits per heavy atom. The summed E-state index contributed by atoms with van der Waals surface area (Å²) in [5.41, 5.74) is 0.220. The molecule has 0 radical (unpaired) electrons. The standard InChI is InChI=1S/C29H42N2O11S/c1-17-24(39-18(2)32)25(40-19(3)33)26-27(38-17)41-21-8-7-20(15-22(21)43-26)16-23(34)30-9-11-36-13-14-37-12-10-31-28(35)42-29(4,5)6/h7-8,15,17,24-27H,9-14,16H2,1-6H3,(H,30,34)(H,31,35). The number of hydrogen-bond acceptors (Lipinski definition) is 12.